The molecule has 5 nitrogen and oxygen atoms in total. The van der Waals surface area contributed by atoms with Gasteiger partial charge in [0.25, 0.3) is 0 Å². The summed E-state index contributed by atoms with van der Waals surface area (Å²) in [7, 11) is 0. The van der Waals surface area contributed by atoms with Crippen molar-refractivity contribution in [1.29, 1.82) is 0 Å². The Kier molecular flexibility index (Phi) is 4.04. The summed E-state index contributed by atoms with van der Waals surface area (Å²) in [4.78, 5) is 21.3. The Morgan fingerprint density at radius 3 is 1.93 bits per heavy atom. The normalized spacial score (nSPS) is 18.7. The van der Waals surface area contributed by atoms with Crippen LogP contribution in [0.5, 0.6) is 0 Å². The molecule has 0 aromatic rings. The molecule has 0 spiro atoms. The fourth-order valence-electron chi connectivity index (χ4n) is 1.18. The minimum atomic E-state index is -1.96. The lowest BCUT2D eigenvalue weighted by Gasteiger charge is -2.30. The SMILES string of the molecule is C=C(C(=O)O)[C@H](C)[C@@H](C)[C@@](C)(O)C(=O)O. The van der Waals surface area contributed by atoms with Crippen LogP contribution in [0.15, 0.2) is 12.2 Å². The second-order valence-corrected chi connectivity index (χ2v) is 3.86. The van der Waals surface area contributed by atoms with Crippen molar-refractivity contribution in [3.8, 4) is 0 Å². The summed E-state index contributed by atoms with van der Waals surface area (Å²) in [6, 6.07) is 0. The van der Waals surface area contributed by atoms with Crippen LogP contribution < -0.4 is 0 Å². The topological polar surface area (TPSA) is 94.8 Å². The van der Waals surface area contributed by atoms with E-state index in [0.29, 0.717) is 0 Å². The molecule has 0 saturated heterocycles. The Morgan fingerprint density at radius 1 is 1.27 bits per heavy atom. The summed E-state index contributed by atoms with van der Waals surface area (Å²) in [5, 5.41) is 27.1. The molecule has 3 atom stereocenters. The second-order valence-electron chi connectivity index (χ2n) is 3.86. The number of rotatable bonds is 5. The summed E-state index contributed by atoms with van der Waals surface area (Å²) >= 11 is 0. The van der Waals surface area contributed by atoms with Gasteiger partial charge in [0.05, 0.1) is 0 Å². The predicted octanol–water partition coefficient (Wildman–Crippen LogP) is 0.735. The molecule has 0 aliphatic rings. The molecule has 3 N–H and O–H groups in total. The van der Waals surface area contributed by atoms with E-state index in [0.717, 1.165) is 6.92 Å². The molecule has 0 aliphatic heterocycles. The minimum Gasteiger partial charge on any atom is -0.479 e. The lowest BCUT2D eigenvalue weighted by atomic mass is 9.78. The maximum Gasteiger partial charge on any atom is 0.335 e. The third-order valence-corrected chi connectivity index (χ3v) is 2.89. The molecule has 0 fully saturated rings. The van der Waals surface area contributed by atoms with Crippen LogP contribution in [0.3, 0.4) is 0 Å². The monoisotopic (exact) mass is 216 g/mol. The molecule has 0 heterocycles. The van der Waals surface area contributed by atoms with Gasteiger partial charge in [0.15, 0.2) is 5.60 Å². The van der Waals surface area contributed by atoms with E-state index < -0.39 is 29.4 Å². The van der Waals surface area contributed by atoms with Crippen LogP contribution in [0.4, 0.5) is 0 Å². The highest BCUT2D eigenvalue weighted by Gasteiger charge is 2.40. The highest BCUT2D eigenvalue weighted by molar-refractivity contribution is 5.86. The van der Waals surface area contributed by atoms with Gasteiger partial charge < -0.3 is 15.3 Å². The Balaban J connectivity index is 4.86. The van der Waals surface area contributed by atoms with Gasteiger partial charge in [-0.2, -0.15) is 0 Å². The number of carboxylic acid groups (broad SMARTS) is 2. The Labute approximate surface area is 88.0 Å². The van der Waals surface area contributed by atoms with E-state index in [9.17, 15) is 14.7 Å². The Hall–Kier alpha value is -1.36. The zero-order valence-electron chi connectivity index (χ0n) is 9.02. The standard InChI is InChI=1S/C10H16O5/c1-5(6(2)8(11)12)7(3)10(4,15)9(13)14/h5,7,15H,2H2,1,3-4H3,(H,11,12)(H,13,14)/t5-,7+,10+/m0/s1. The number of hydrogen-bond acceptors (Lipinski definition) is 3. The molecular weight excluding hydrogens is 200 g/mol. The van der Waals surface area contributed by atoms with Crippen LogP contribution in [-0.4, -0.2) is 32.9 Å². The molecule has 86 valence electrons. The number of carboxylic acids is 2. The van der Waals surface area contributed by atoms with Gasteiger partial charge >= 0.3 is 11.9 Å². The fraction of sp³-hybridized carbons (Fsp3) is 0.600. The number of aliphatic carboxylic acids is 2. The molecule has 0 aromatic heterocycles. The van der Waals surface area contributed by atoms with Gasteiger partial charge in [-0.25, -0.2) is 9.59 Å². The van der Waals surface area contributed by atoms with Crippen molar-refractivity contribution in [2.24, 2.45) is 11.8 Å². The van der Waals surface area contributed by atoms with Crippen molar-refractivity contribution in [1.82, 2.24) is 0 Å². The summed E-state index contributed by atoms with van der Waals surface area (Å²) in [5.74, 6) is -3.91. The second kappa shape index (κ2) is 4.44. The minimum absolute atomic E-state index is 0.107. The van der Waals surface area contributed by atoms with E-state index in [1.165, 1.54) is 13.8 Å². The van der Waals surface area contributed by atoms with E-state index in [-0.39, 0.29) is 5.57 Å². The number of aliphatic hydroxyl groups is 1. The molecular formula is C10H16O5. The quantitative estimate of drug-likeness (QED) is 0.589. The van der Waals surface area contributed by atoms with Crippen LogP contribution in [0.1, 0.15) is 20.8 Å². The van der Waals surface area contributed by atoms with Crippen molar-refractivity contribution < 1.29 is 24.9 Å². The largest absolute Gasteiger partial charge is 0.479 e. The molecule has 0 radical (unpaired) electrons. The molecule has 0 bridgehead atoms. The average molecular weight is 216 g/mol. The zero-order chi connectivity index (χ0) is 12.4. The van der Waals surface area contributed by atoms with E-state index in [1.54, 1.807) is 0 Å². The average Bonchev–Trinajstić information content (AvgIpc) is 2.13. The van der Waals surface area contributed by atoms with Gasteiger partial charge in [-0.3, -0.25) is 0 Å². The summed E-state index contributed by atoms with van der Waals surface area (Å²) < 4.78 is 0. The van der Waals surface area contributed by atoms with Gasteiger partial charge in [-0.15, -0.1) is 0 Å². The predicted molar refractivity (Wildman–Crippen MR) is 53.4 cm³/mol. The number of carbonyl (C=O) groups is 2. The lowest BCUT2D eigenvalue weighted by molar-refractivity contribution is -0.163. The van der Waals surface area contributed by atoms with E-state index in [4.69, 9.17) is 10.2 Å². The molecule has 0 aromatic carbocycles. The van der Waals surface area contributed by atoms with Gasteiger partial charge in [0.2, 0.25) is 0 Å². The van der Waals surface area contributed by atoms with Crippen molar-refractivity contribution in [3.05, 3.63) is 12.2 Å². The van der Waals surface area contributed by atoms with Crippen LogP contribution >= 0.6 is 0 Å². The van der Waals surface area contributed by atoms with Crippen LogP contribution in [0.2, 0.25) is 0 Å². The van der Waals surface area contributed by atoms with Crippen molar-refractivity contribution in [2.75, 3.05) is 0 Å². The van der Waals surface area contributed by atoms with E-state index in [2.05, 4.69) is 6.58 Å². The maximum absolute atomic E-state index is 10.7. The maximum atomic E-state index is 10.7. The Bertz CT molecular complexity index is 292. The lowest BCUT2D eigenvalue weighted by Crippen LogP contribution is -2.45. The van der Waals surface area contributed by atoms with Crippen molar-refractivity contribution in [3.63, 3.8) is 0 Å². The Morgan fingerprint density at radius 2 is 1.67 bits per heavy atom. The van der Waals surface area contributed by atoms with E-state index in [1.807, 2.05) is 0 Å². The highest BCUT2D eigenvalue weighted by atomic mass is 16.4. The highest BCUT2D eigenvalue weighted by Crippen LogP contribution is 2.29. The number of hydrogen-bond donors (Lipinski definition) is 3. The van der Waals surface area contributed by atoms with Crippen molar-refractivity contribution in [2.45, 2.75) is 26.4 Å². The molecule has 0 rings (SSSR count). The molecule has 0 saturated carbocycles. The van der Waals surface area contributed by atoms with E-state index >= 15 is 0 Å². The van der Waals surface area contributed by atoms with Gasteiger partial charge in [-0.05, 0) is 12.8 Å². The summed E-state index contributed by atoms with van der Waals surface area (Å²) in [6.45, 7) is 7.49. The van der Waals surface area contributed by atoms with Crippen LogP contribution in [-0.2, 0) is 9.59 Å². The van der Waals surface area contributed by atoms with Crippen LogP contribution in [0.25, 0.3) is 0 Å². The molecule has 5 heteroatoms. The molecule has 15 heavy (non-hydrogen) atoms. The first-order valence-electron chi connectivity index (χ1n) is 4.50. The van der Waals surface area contributed by atoms with Gasteiger partial charge in [0.1, 0.15) is 0 Å². The first-order valence-corrected chi connectivity index (χ1v) is 4.50. The van der Waals surface area contributed by atoms with Crippen LogP contribution in [0, 0.1) is 11.8 Å². The summed E-state index contributed by atoms with van der Waals surface area (Å²) in [6.07, 6.45) is 0. The van der Waals surface area contributed by atoms with Gasteiger partial charge in [0, 0.05) is 11.5 Å². The first-order chi connectivity index (χ1) is 6.62. The fourth-order valence-corrected chi connectivity index (χ4v) is 1.18. The summed E-state index contributed by atoms with van der Waals surface area (Å²) in [5.41, 5.74) is -2.07. The van der Waals surface area contributed by atoms with Gasteiger partial charge in [-0.1, -0.05) is 20.4 Å². The molecule has 0 aliphatic carbocycles. The third kappa shape index (κ3) is 2.79. The van der Waals surface area contributed by atoms with Crippen molar-refractivity contribution >= 4 is 11.9 Å². The zero-order valence-corrected chi connectivity index (χ0v) is 9.02. The third-order valence-electron chi connectivity index (χ3n) is 2.89. The molecule has 0 amide bonds. The smallest absolute Gasteiger partial charge is 0.335 e. The molecule has 0 unspecified atom stereocenters. The first kappa shape index (κ1) is 13.6.